The number of carbonyl (C=O) groups excluding carboxylic acids is 2. The van der Waals surface area contributed by atoms with Crippen LogP contribution in [0.25, 0.3) is 0 Å². The van der Waals surface area contributed by atoms with Gasteiger partial charge < -0.3 is 19.9 Å². The molecule has 1 aliphatic carbocycles. The van der Waals surface area contributed by atoms with Crippen LogP contribution in [0, 0.1) is 5.92 Å². The second-order valence-corrected chi connectivity index (χ2v) is 7.49. The number of nitrogens with zero attached hydrogens (tertiary/aromatic N) is 2. The van der Waals surface area contributed by atoms with E-state index in [9.17, 15) is 9.59 Å². The van der Waals surface area contributed by atoms with Gasteiger partial charge in [-0.3, -0.25) is 9.59 Å². The first-order valence-electron chi connectivity index (χ1n) is 9.74. The maximum Gasteiger partial charge on any atom is 0.229 e. The van der Waals surface area contributed by atoms with Gasteiger partial charge in [-0.1, -0.05) is 25.0 Å². The Labute approximate surface area is 154 Å². The van der Waals surface area contributed by atoms with E-state index in [1.807, 2.05) is 29.2 Å². The van der Waals surface area contributed by atoms with Crippen molar-refractivity contribution in [3.05, 3.63) is 24.3 Å². The van der Waals surface area contributed by atoms with E-state index in [1.54, 1.807) is 0 Å². The second kappa shape index (κ2) is 7.66. The van der Waals surface area contributed by atoms with Gasteiger partial charge in [0, 0.05) is 32.1 Å². The lowest BCUT2D eigenvalue weighted by Gasteiger charge is -2.30. The lowest BCUT2D eigenvalue weighted by atomic mass is 10.1. The molecule has 3 fully saturated rings. The molecule has 2 amide bonds. The zero-order valence-corrected chi connectivity index (χ0v) is 15.2. The first-order valence-corrected chi connectivity index (χ1v) is 9.74. The number of morpholine rings is 1. The summed E-state index contributed by atoms with van der Waals surface area (Å²) in [5, 5.41) is 3.08. The molecule has 4 rings (SSSR count). The molecule has 0 spiro atoms. The maximum absolute atomic E-state index is 12.8. The Morgan fingerprint density at radius 3 is 2.62 bits per heavy atom. The topological polar surface area (TPSA) is 61.9 Å². The second-order valence-electron chi connectivity index (χ2n) is 7.49. The summed E-state index contributed by atoms with van der Waals surface area (Å²) in [7, 11) is 0. The number of amides is 2. The Balaban J connectivity index is 1.43. The SMILES string of the molecule is O=C(Nc1ccccc1N1CCOCC1)C1CC(=O)N(C2CCCC2)C1. The largest absolute Gasteiger partial charge is 0.378 e. The van der Waals surface area contributed by atoms with Crippen LogP contribution >= 0.6 is 0 Å². The standard InChI is InChI=1S/C20H27N3O3/c24-19-13-15(14-23(19)16-5-1-2-6-16)20(25)21-17-7-3-4-8-18(17)22-9-11-26-12-10-22/h3-4,7-8,15-16H,1-2,5-6,9-14H2,(H,21,25). The fraction of sp³-hybridized carbons (Fsp3) is 0.600. The fourth-order valence-electron chi connectivity index (χ4n) is 4.37. The number of hydrogen-bond donors (Lipinski definition) is 1. The third-order valence-corrected chi connectivity index (χ3v) is 5.81. The third-order valence-electron chi connectivity index (χ3n) is 5.81. The summed E-state index contributed by atoms with van der Waals surface area (Å²) in [5.74, 6) is -0.154. The zero-order valence-electron chi connectivity index (χ0n) is 15.2. The van der Waals surface area contributed by atoms with Gasteiger partial charge in [0.25, 0.3) is 0 Å². The van der Waals surface area contributed by atoms with E-state index >= 15 is 0 Å². The molecular weight excluding hydrogens is 330 g/mol. The minimum absolute atomic E-state index is 0.0421. The molecule has 1 aromatic carbocycles. The van der Waals surface area contributed by atoms with Gasteiger partial charge in [0.05, 0.1) is 30.5 Å². The van der Waals surface area contributed by atoms with Gasteiger partial charge in [0.2, 0.25) is 11.8 Å². The van der Waals surface area contributed by atoms with Crippen molar-refractivity contribution >= 4 is 23.2 Å². The number of carbonyl (C=O) groups is 2. The number of anilines is 2. The van der Waals surface area contributed by atoms with Crippen LogP contribution in [0.1, 0.15) is 32.1 Å². The number of hydrogen-bond acceptors (Lipinski definition) is 4. The summed E-state index contributed by atoms with van der Waals surface area (Å²) in [4.78, 5) is 29.4. The first kappa shape index (κ1) is 17.3. The smallest absolute Gasteiger partial charge is 0.229 e. The van der Waals surface area contributed by atoms with Crippen LogP contribution in [-0.2, 0) is 14.3 Å². The minimum atomic E-state index is -0.249. The summed E-state index contributed by atoms with van der Waals surface area (Å²) < 4.78 is 5.42. The Hall–Kier alpha value is -2.08. The summed E-state index contributed by atoms with van der Waals surface area (Å²) in [5.41, 5.74) is 1.85. The van der Waals surface area contributed by atoms with Crippen molar-refractivity contribution in [2.24, 2.45) is 5.92 Å². The fourth-order valence-corrected chi connectivity index (χ4v) is 4.37. The number of para-hydroxylation sites is 2. The van der Waals surface area contributed by atoms with Gasteiger partial charge in [-0.05, 0) is 25.0 Å². The molecule has 1 unspecified atom stereocenters. The average molecular weight is 357 g/mol. The molecule has 1 atom stereocenters. The highest BCUT2D eigenvalue weighted by Crippen LogP contribution is 2.31. The van der Waals surface area contributed by atoms with Gasteiger partial charge in [-0.25, -0.2) is 0 Å². The molecule has 2 aliphatic heterocycles. The van der Waals surface area contributed by atoms with E-state index in [4.69, 9.17) is 4.74 Å². The normalized spacial score (nSPS) is 24.3. The van der Waals surface area contributed by atoms with Crippen LogP contribution in [0.5, 0.6) is 0 Å². The van der Waals surface area contributed by atoms with Gasteiger partial charge in [0.15, 0.2) is 0 Å². The van der Waals surface area contributed by atoms with Crippen molar-refractivity contribution in [2.45, 2.75) is 38.1 Å². The predicted octanol–water partition coefficient (Wildman–Crippen LogP) is 2.25. The highest BCUT2D eigenvalue weighted by Gasteiger charge is 2.38. The van der Waals surface area contributed by atoms with Crippen molar-refractivity contribution in [3.8, 4) is 0 Å². The highest BCUT2D eigenvalue weighted by atomic mass is 16.5. The van der Waals surface area contributed by atoms with Gasteiger partial charge in [0.1, 0.15) is 0 Å². The summed E-state index contributed by atoms with van der Waals surface area (Å²) in [6.07, 6.45) is 4.89. The maximum atomic E-state index is 12.8. The van der Waals surface area contributed by atoms with E-state index < -0.39 is 0 Å². The summed E-state index contributed by atoms with van der Waals surface area (Å²) >= 11 is 0. The van der Waals surface area contributed by atoms with Crippen molar-refractivity contribution < 1.29 is 14.3 Å². The molecule has 2 heterocycles. The van der Waals surface area contributed by atoms with Crippen molar-refractivity contribution in [2.75, 3.05) is 43.1 Å². The molecule has 26 heavy (non-hydrogen) atoms. The molecule has 6 heteroatoms. The lowest BCUT2D eigenvalue weighted by Crippen LogP contribution is -2.37. The number of benzene rings is 1. The Kier molecular flexibility index (Phi) is 5.11. The molecule has 0 radical (unpaired) electrons. The van der Waals surface area contributed by atoms with Crippen molar-refractivity contribution in [1.29, 1.82) is 0 Å². The van der Waals surface area contributed by atoms with Crippen LogP contribution in [0.2, 0.25) is 0 Å². The summed E-state index contributed by atoms with van der Waals surface area (Å²) in [6.45, 7) is 3.62. The number of nitrogens with one attached hydrogen (secondary N) is 1. The van der Waals surface area contributed by atoms with Crippen LogP contribution in [-0.4, -0.2) is 55.6 Å². The number of rotatable bonds is 4. The van der Waals surface area contributed by atoms with Crippen molar-refractivity contribution in [1.82, 2.24) is 4.90 Å². The number of ether oxygens (including phenoxy) is 1. The van der Waals surface area contributed by atoms with Crippen LogP contribution in [0.3, 0.4) is 0 Å². The third kappa shape index (κ3) is 3.56. The lowest BCUT2D eigenvalue weighted by molar-refractivity contribution is -0.129. The van der Waals surface area contributed by atoms with Crippen molar-refractivity contribution in [3.63, 3.8) is 0 Å². The monoisotopic (exact) mass is 357 g/mol. The highest BCUT2D eigenvalue weighted by molar-refractivity contribution is 5.99. The number of likely N-dealkylation sites (tertiary alicyclic amines) is 1. The molecule has 3 aliphatic rings. The molecule has 0 aromatic heterocycles. The van der Waals surface area contributed by atoms with Gasteiger partial charge >= 0.3 is 0 Å². The molecule has 1 N–H and O–H groups in total. The van der Waals surface area contributed by atoms with Crippen LogP contribution < -0.4 is 10.2 Å². The van der Waals surface area contributed by atoms with E-state index in [0.717, 1.165) is 37.3 Å². The van der Waals surface area contributed by atoms with Gasteiger partial charge in [-0.2, -0.15) is 0 Å². The Morgan fingerprint density at radius 2 is 1.85 bits per heavy atom. The Bertz CT molecular complexity index is 666. The predicted molar refractivity (Wildman–Crippen MR) is 100 cm³/mol. The quantitative estimate of drug-likeness (QED) is 0.898. The molecule has 6 nitrogen and oxygen atoms in total. The first-order chi connectivity index (χ1) is 12.7. The van der Waals surface area contributed by atoms with E-state index in [-0.39, 0.29) is 17.7 Å². The average Bonchev–Trinajstić information content (AvgIpc) is 3.32. The Morgan fingerprint density at radius 1 is 1.12 bits per heavy atom. The van der Waals surface area contributed by atoms with E-state index in [1.165, 1.54) is 12.8 Å². The molecule has 0 bridgehead atoms. The van der Waals surface area contributed by atoms with Crippen LogP contribution in [0.15, 0.2) is 24.3 Å². The molecular formula is C20H27N3O3. The van der Waals surface area contributed by atoms with Crippen LogP contribution in [0.4, 0.5) is 11.4 Å². The molecule has 1 aromatic rings. The van der Waals surface area contributed by atoms with E-state index in [0.29, 0.717) is 32.2 Å². The van der Waals surface area contributed by atoms with E-state index in [2.05, 4.69) is 10.2 Å². The zero-order chi connectivity index (χ0) is 17.9. The summed E-state index contributed by atoms with van der Waals surface area (Å²) in [6, 6.07) is 8.24. The molecule has 1 saturated carbocycles. The molecule has 2 saturated heterocycles. The van der Waals surface area contributed by atoms with Gasteiger partial charge in [-0.15, -0.1) is 0 Å². The molecule has 140 valence electrons. The minimum Gasteiger partial charge on any atom is -0.378 e.